The second kappa shape index (κ2) is 5.78. The second-order valence-electron chi connectivity index (χ2n) is 5.75. The Kier molecular flexibility index (Phi) is 4.93. The van der Waals surface area contributed by atoms with Crippen LogP contribution < -0.4 is 0 Å². The molecule has 1 aliphatic rings. The highest BCUT2D eigenvalue weighted by Gasteiger charge is 2.23. The largest absolute Gasteiger partial charge is 0.381 e. The molecule has 1 rings (SSSR count). The summed E-state index contributed by atoms with van der Waals surface area (Å²) in [7, 11) is 2.12. The molecule has 0 unspecified atom stereocenters. The van der Waals surface area contributed by atoms with Gasteiger partial charge in [0.15, 0.2) is 0 Å². The molecule has 0 aromatic heterocycles. The third kappa shape index (κ3) is 4.22. The fraction of sp³-hybridized carbons (Fsp3) is 0.923. The molecule has 3 heteroatoms. The van der Waals surface area contributed by atoms with Crippen LogP contribution in [-0.4, -0.2) is 43.5 Å². The van der Waals surface area contributed by atoms with Crippen LogP contribution in [0.4, 0.5) is 0 Å². The maximum absolute atomic E-state index is 11.8. The zero-order chi connectivity index (χ0) is 12.2. The van der Waals surface area contributed by atoms with Gasteiger partial charge in [0.25, 0.3) is 0 Å². The Morgan fingerprint density at radius 2 is 1.88 bits per heavy atom. The third-order valence-electron chi connectivity index (χ3n) is 3.34. The van der Waals surface area contributed by atoms with Crippen molar-refractivity contribution < 1.29 is 9.53 Å². The monoisotopic (exact) mass is 227 g/mol. The van der Waals surface area contributed by atoms with E-state index >= 15 is 0 Å². The van der Waals surface area contributed by atoms with Gasteiger partial charge in [-0.3, -0.25) is 4.79 Å². The van der Waals surface area contributed by atoms with E-state index in [1.165, 1.54) is 0 Å². The van der Waals surface area contributed by atoms with Gasteiger partial charge in [-0.05, 0) is 19.9 Å². The predicted octanol–water partition coefficient (Wildman–Crippen LogP) is 2.10. The molecule has 1 fully saturated rings. The summed E-state index contributed by atoms with van der Waals surface area (Å²) in [4.78, 5) is 14.1. The van der Waals surface area contributed by atoms with Gasteiger partial charge in [-0.1, -0.05) is 20.8 Å². The Morgan fingerprint density at radius 1 is 1.31 bits per heavy atom. The van der Waals surface area contributed by atoms with Gasteiger partial charge in [0, 0.05) is 37.6 Å². The van der Waals surface area contributed by atoms with Gasteiger partial charge in [-0.15, -0.1) is 0 Å². The van der Waals surface area contributed by atoms with Crippen LogP contribution in [-0.2, 0) is 9.53 Å². The molecule has 16 heavy (non-hydrogen) atoms. The van der Waals surface area contributed by atoms with Crippen molar-refractivity contribution in [1.82, 2.24) is 4.90 Å². The summed E-state index contributed by atoms with van der Waals surface area (Å²) in [5.41, 5.74) is -0.198. The summed E-state index contributed by atoms with van der Waals surface area (Å²) in [6.45, 7) is 8.57. The molecule has 3 nitrogen and oxygen atoms in total. The predicted molar refractivity (Wildman–Crippen MR) is 65.6 cm³/mol. The maximum Gasteiger partial charge on any atom is 0.139 e. The molecule has 1 heterocycles. The van der Waals surface area contributed by atoms with Crippen molar-refractivity contribution in [3.63, 3.8) is 0 Å². The van der Waals surface area contributed by atoms with E-state index in [9.17, 15) is 4.79 Å². The Balaban J connectivity index is 2.29. The molecule has 1 saturated heterocycles. The maximum atomic E-state index is 11.8. The van der Waals surface area contributed by atoms with Gasteiger partial charge >= 0.3 is 0 Å². The van der Waals surface area contributed by atoms with E-state index in [0.29, 0.717) is 18.2 Å². The molecule has 0 saturated carbocycles. The molecular weight excluding hydrogens is 202 g/mol. The average molecular weight is 227 g/mol. The highest BCUT2D eigenvalue weighted by atomic mass is 16.5. The van der Waals surface area contributed by atoms with Crippen LogP contribution in [0.3, 0.4) is 0 Å². The van der Waals surface area contributed by atoms with Crippen molar-refractivity contribution in [3.05, 3.63) is 0 Å². The molecule has 94 valence electrons. The van der Waals surface area contributed by atoms with E-state index in [4.69, 9.17) is 4.74 Å². The number of Topliss-reactive ketones (excluding diaryl/α,β-unsaturated/α-hetero) is 1. The van der Waals surface area contributed by atoms with Crippen LogP contribution >= 0.6 is 0 Å². The molecule has 0 aromatic carbocycles. The van der Waals surface area contributed by atoms with Crippen LogP contribution in [0, 0.1) is 5.41 Å². The van der Waals surface area contributed by atoms with Gasteiger partial charge in [-0.25, -0.2) is 0 Å². The van der Waals surface area contributed by atoms with Crippen LogP contribution in [0.5, 0.6) is 0 Å². The van der Waals surface area contributed by atoms with Gasteiger partial charge < -0.3 is 9.64 Å². The standard InChI is InChI=1S/C13H25NO2/c1-13(2,3)12(15)5-8-14(4)11-6-9-16-10-7-11/h11H,5-10H2,1-4H3. The molecular formula is C13H25NO2. The first-order valence-corrected chi connectivity index (χ1v) is 6.22. The van der Waals surface area contributed by atoms with Crippen molar-refractivity contribution in [1.29, 1.82) is 0 Å². The van der Waals surface area contributed by atoms with Crippen molar-refractivity contribution in [3.8, 4) is 0 Å². The molecule has 0 atom stereocenters. The number of hydrogen-bond donors (Lipinski definition) is 0. The topological polar surface area (TPSA) is 29.5 Å². The lowest BCUT2D eigenvalue weighted by Gasteiger charge is -2.31. The highest BCUT2D eigenvalue weighted by Crippen LogP contribution is 2.18. The lowest BCUT2D eigenvalue weighted by Crippen LogP contribution is -2.38. The molecule has 0 aromatic rings. The van der Waals surface area contributed by atoms with E-state index in [1.807, 2.05) is 20.8 Å². The van der Waals surface area contributed by atoms with Crippen LogP contribution in [0.25, 0.3) is 0 Å². The summed E-state index contributed by atoms with van der Waals surface area (Å²) in [6.07, 6.45) is 2.86. The first kappa shape index (κ1) is 13.7. The number of nitrogens with zero attached hydrogens (tertiary/aromatic N) is 1. The minimum atomic E-state index is -0.198. The van der Waals surface area contributed by atoms with Gasteiger partial charge in [-0.2, -0.15) is 0 Å². The summed E-state index contributed by atoms with van der Waals surface area (Å²) in [6, 6.07) is 0.599. The quantitative estimate of drug-likeness (QED) is 0.736. The second-order valence-corrected chi connectivity index (χ2v) is 5.75. The summed E-state index contributed by atoms with van der Waals surface area (Å²) in [5.74, 6) is 0.353. The van der Waals surface area contributed by atoms with Crippen molar-refractivity contribution in [2.45, 2.75) is 46.1 Å². The molecule has 0 aliphatic carbocycles. The van der Waals surface area contributed by atoms with Gasteiger partial charge in [0.05, 0.1) is 0 Å². The first-order chi connectivity index (χ1) is 7.41. The minimum Gasteiger partial charge on any atom is -0.381 e. The molecule has 0 bridgehead atoms. The average Bonchev–Trinajstić information content (AvgIpc) is 2.25. The number of ketones is 1. The fourth-order valence-corrected chi connectivity index (χ4v) is 1.96. The van der Waals surface area contributed by atoms with Crippen LogP contribution in [0.15, 0.2) is 0 Å². The molecule has 1 aliphatic heterocycles. The summed E-state index contributed by atoms with van der Waals surface area (Å²) < 4.78 is 5.34. The number of carbonyl (C=O) groups is 1. The van der Waals surface area contributed by atoms with E-state index in [-0.39, 0.29) is 5.41 Å². The lowest BCUT2D eigenvalue weighted by atomic mass is 9.89. The third-order valence-corrected chi connectivity index (χ3v) is 3.34. The first-order valence-electron chi connectivity index (χ1n) is 6.22. The Morgan fingerprint density at radius 3 is 2.38 bits per heavy atom. The van der Waals surface area contributed by atoms with E-state index in [0.717, 1.165) is 32.6 Å². The van der Waals surface area contributed by atoms with Crippen LogP contribution in [0.2, 0.25) is 0 Å². The normalized spacial score (nSPS) is 19.1. The Hall–Kier alpha value is -0.410. The number of hydrogen-bond acceptors (Lipinski definition) is 3. The number of carbonyl (C=O) groups excluding carboxylic acids is 1. The fourth-order valence-electron chi connectivity index (χ4n) is 1.96. The van der Waals surface area contributed by atoms with Crippen molar-refractivity contribution in [2.75, 3.05) is 26.8 Å². The molecule has 0 amide bonds. The van der Waals surface area contributed by atoms with Crippen molar-refractivity contribution >= 4 is 5.78 Å². The number of rotatable bonds is 4. The van der Waals surface area contributed by atoms with Crippen LogP contribution in [0.1, 0.15) is 40.0 Å². The summed E-state index contributed by atoms with van der Waals surface area (Å²) >= 11 is 0. The number of ether oxygens (including phenoxy) is 1. The van der Waals surface area contributed by atoms with Gasteiger partial charge in [0.1, 0.15) is 5.78 Å². The van der Waals surface area contributed by atoms with E-state index < -0.39 is 0 Å². The zero-order valence-electron chi connectivity index (χ0n) is 11.1. The zero-order valence-corrected chi connectivity index (χ0v) is 11.1. The lowest BCUT2D eigenvalue weighted by molar-refractivity contribution is -0.126. The van der Waals surface area contributed by atoms with E-state index in [1.54, 1.807) is 0 Å². The molecule has 0 radical (unpaired) electrons. The smallest absolute Gasteiger partial charge is 0.139 e. The van der Waals surface area contributed by atoms with Gasteiger partial charge in [0.2, 0.25) is 0 Å². The Bertz CT molecular complexity index is 227. The van der Waals surface area contributed by atoms with E-state index in [2.05, 4.69) is 11.9 Å². The summed E-state index contributed by atoms with van der Waals surface area (Å²) in [5, 5.41) is 0. The minimum absolute atomic E-state index is 0.198. The SMILES string of the molecule is CN(CCC(=O)C(C)(C)C)C1CCOCC1. The Labute approximate surface area is 99.1 Å². The molecule has 0 N–H and O–H groups in total. The molecule has 0 spiro atoms. The van der Waals surface area contributed by atoms with Crippen molar-refractivity contribution in [2.24, 2.45) is 5.41 Å². The highest BCUT2D eigenvalue weighted by molar-refractivity contribution is 5.83.